The average molecular weight is 305 g/mol. The third kappa shape index (κ3) is 2.50. The summed E-state index contributed by atoms with van der Waals surface area (Å²) in [7, 11) is 0. The van der Waals surface area contributed by atoms with Gasteiger partial charge in [0.2, 0.25) is 0 Å². The van der Waals surface area contributed by atoms with Crippen LogP contribution in [-0.2, 0) is 13.1 Å². The molecule has 0 aromatic carbocycles. The van der Waals surface area contributed by atoms with Crippen molar-refractivity contribution in [1.82, 2.24) is 4.98 Å². The van der Waals surface area contributed by atoms with Crippen LogP contribution in [0, 0.1) is 0 Å². The van der Waals surface area contributed by atoms with E-state index in [0.717, 1.165) is 6.54 Å². The largest absolute Gasteiger partial charge is 0.341 e. The highest BCUT2D eigenvalue weighted by molar-refractivity contribution is 7.15. The average Bonchev–Trinajstić information content (AvgIpc) is 3.39. The fourth-order valence-electron chi connectivity index (χ4n) is 2.61. The first-order chi connectivity index (χ1) is 9.85. The molecule has 5 heteroatoms. The molecule has 2 aliphatic carbocycles. The number of nitrogens with zero attached hydrogens (tertiary/aromatic N) is 2. The maximum atomic E-state index is 5.91. The molecule has 3 nitrogen and oxygen atoms in total. The predicted molar refractivity (Wildman–Crippen MR) is 85.5 cm³/mol. The van der Waals surface area contributed by atoms with Gasteiger partial charge >= 0.3 is 0 Å². The molecular formula is C15H19N3S2. The lowest BCUT2D eigenvalue weighted by atomic mass is 10.2. The van der Waals surface area contributed by atoms with Gasteiger partial charge in [-0.05, 0) is 48.1 Å². The normalized spacial score (nSPS) is 18.4. The van der Waals surface area contributed by atoms with Gasteiger partial charge in [-0.15, -0.1) is 11.3 Å². The molecule has 20 heavy (non-hydrogen) atoms. The van der Waals surface area contributed by atoms with Crippen LogP contribution >= 0.6 is 22.7 Å². The number of hydrogen-bond acceptors (Lipinski definition) is 5. The molecular weight excluding hydrogens is 286 g/mol. The monoisotopic (exact) mass is 305 g/mol. The van der Waals surface area contributed by atoms with Crippen molar-refractivity contribution >= 4 is 27.8 Å². The van der Waals surface area contributed by atoms with Gasteiger partial charge in [-0.3, -0.25) is 0 Å². The third-order valence-corrected chi connectivity index (χ3v) is 5.89. The van der Waals surface area contributed by atoms with Crippen molar-refractivity contribution in [1.29, 1.82) is 0 Å². The Kier molecular flexibility index (Phi) is 3.28. The summed E-state index contributed by atoms with van der Waals surface area (Å²) in [6.45, 7) is 1.64. The first-order valence-electron chi connectivity index (χ1n) is 7.32. The molecule has 0 unspecified atom stereocenters. The molecule has 0 bridgehead atoms. The summed E-state index contributed by atoms with van der Waals surface area (Å²) in [6.07, 6.45) is 5.20. The zero-order valence-electron chi connectivity index (χ0n) is 11.4. The second kappa shape index (κ2) is 5.13. The summed E-state index contributed by atoms with van der Waals surface area (Å²) in [6, 6.07) is 2.91. The van der Waals surface area contributed by atoms with Gasteiger partial charge in [0.05, 0.1) is 5.69 Å². The van der Waals surface area contributed by atoms with E-state index < -0.39 is 0 Å². The molecule has 0 amide bonds. The van der Waals surface area contributed by atoms with Crippen molar-refractivity contribution in [2.24, 2.45) is 5.73 Å². The van der Waals surface area contributed by atoms with E-state index in [1.165, 1.54) is 46.9 Å². The van der Waals surface area contributed by atoms with Crippen LogP contribution in [0.4, 0.5) is 5.13 Å². The topological polar surface area (TPSA) is 42.1 Å². The van der Waals surface area contributed by atoms with Crippen molar-refractivity contribution in [3.63, 3.8) is 0 Å². The molecule has 4 rings (SSSR count). The number of anilines is 1. The van der Waals surface area contributed by atoms with Gasteiger partial charge in [-0.25, -0.2) is 4.98 Å². The summed E-state index contributed by atoms with van der Waals surface area (Å²) >= 11 is 3.59. The first-order valence-corrected chi connectivity index (χ1v) is 9.08. The molecule has 0 radical (unpaired) electrons. The van der Waals surface area contributed by atoms with Crippen molar-refractivity contribution in [3.05, 3.63) is 33.0 Å². The number of thiophene rings is 1. The molecule has 0 aliphatic heterocycles. The van der Waals surface area contributed by atoms with Crippen molar-refractivity contribution in [2.45, 2.75) is 50.7 Å². The number of hydrogen-bond donors (Lipinski definition) is 1. The van der Waals surface area contributed by atoms with Gasteiger partial charge in [0, 0.05) is 29.9 Å². The Hall–Kier alpha value is -0.910. The van der Waals surface area contributed by atoms with Crippen molar-refractivity contribution in [3.8, 4) is 0 Å². The highest BCUT2D eigenvalue weighted by Gasteiger charge is 2.34. The van der Waals surface area contributed by atoms with Gasteiger partial charge in [-0.1, -0.05) is 0 Å². The molecule has 2 fully saturated rings. The van der Waals surface area contributed by atoms with Crippen LogP contribution in [0.5, 0.6) is 0 Å². The zero-order valence-corrected chi connectivity index (χ0v) is 13.1. The standard InChI is InChI=1S/C15H19N3S2/c16-7-13-14(11-1-2-11)17-15(20-13)18(12-3-4-12)8-10-5-6-19-9-10/h5-6,9,11-12H,1-4,7-8,16H2. The van der Waals surface area contributed by atoms with Crippen LogP contribution in [-0.4, -0.2) is 11.0 Å². The summed E-state index contributed by atoms with van der Waals surface area (Å²) in [5.74, 6) is 0.695. The summed E-state index contributed by atoms with van der Waals surface area (Å²) in [5.41, 5.74) is 8.61. The van der Waals surface area contributed by atoms with Gasteiger partial charge in [0.15, 0.2) is 5.13 Å². The van der Waals surface area contributed by atoms with Crippen LogP contribution in [0.2, 0.25) is 0 Å². The minimum atomic E-state index is 0.639. The number of nitrogens with two attached hydrogens (primary N) is 1. The lowest BCUT2D eigenvalue weighted by molar-refractivity contribution is 0.787. The SMILES string of the molecule is NCc1sc(N(Cc2ccsc2)C2CC2)nc1C1CC1. The minimum Gasteiger partial charge on any atom is -0.341 e. The minimum absolute atomic E-state index is 0.639. The number of rotatable bonds is 6. The molecule has 0 saturated heterocycles. The van der Waals surface area contributed by atoms with Crippen LogP contribution < -0.4 is 10.6 Å². The Balaban J connectivity index is 1.62. The highest BCUT2D eigenvalue weighted by Crippen LogP contribution is 2.45. The predicted octanol–water partition coefficient (Wildman–Crippen LogP) is 3.71. The maximum Gasteiger partial charge on any atom is 0.186 e. The second-order valence-corrected chi connectivity index (χ2v) is 7.62. The lowest BCUT2D eigenvalue weighted by Crippen LogP contribution is -2.24. The van der Waals surface area contributed by atoms with E-state index in [-0.39, 0.29) is 0 Å². The molecule has 2 aromatic heterocycles. The molecule has 2 aromatic rings. The Morgan fingerprint density at radius 1 is 1.30 bits per heavy atom. The fraction of sp³-hybridized carbons (Fsp3) is 0.533. The first kappa shape index (κ1) is 12.8. The fourth-order valence-corrected chi connectivity index (χ4v) is 4.37. The van der Waals surface area contributed by atoms with Gasteiger partial charge in [-0.2, -0.15) is 11.3 Å². The Labute approximate surface area is 127 Å². The van der Waals surface area contributed by atoms with Crippen molar-refractivity contribution < 1.29 is 0 Å². The van der Waals surface area contributed by atoms with Crippen LogP contribution in [0.15, 0.2) is 16.8 Å². The van der Waals surface area contributed by atoms with Crippen LogP contribution in [0.25, 0.3) is 0 Å². The quantitative estimate of drug-likeness (QED) is 0.884. The van der Waals surface area contributed by atoms with E-state index in [4.69, 9.17) is 10.7 Å². The third-order valence-electron chi connectivity index (χ3n) is 4.03. The molecule has 106 valence electrons. The molecule has 2 N–H and O–H groups in total. The molecule has 2 aliphatic rings. The summed E-state index contributed by atoms with van der Waals surface area (Å²) in [5, 5.41) is 5.60. The highest BCUT2D eigenvalue weighted by atomic mass is 32.1. The molecule has 2 heterocycles. The molecule has 0 atom stereocenters. The smallest absolute Gasteiger partial charge is 0.186 e. The van der Waals surface area contributed by atoms with E-state index in [0.29, 0.717) is 18.5 Å². The van der Waals surface area contributed by atoms with Gasteiger partial charge < -0.3 is 10.6 Å². The number of thiazole rings is 1. The van der Waals surface area contributed by atoms with Crippen molar-refractivity contribution in [2.75, 3.05) is 4.90 Å². The van der Waals surface area contributed by atoms with Gasteiger partial charge in [0.25, 0.3) is 0 Å². The second-order valence-electron chi connectivity index (χ2n) is 5.77. The Morgan fingerprint density at radius 3 is 2.75 bits per heavy atom. The maximum absolute atomic E-state index is 5.91. The van der Waals surface area contributed by atoms with Crippen LogP contribution in [0.3, 0.4) is 0 Å². The Bertz CT molecular complexity index is 582. The zero-order chi connectivity index (χ0) is 13.5. The number of aromatic nitrogens is 1. The molecule has 2 saturated carbocycles. The van der Waals surface area contributed by atoms with Crippen LogP contribution in [0.1, 0.15) is 47.7 Å². The summed E-state index contributed by atoms with van der Waals surface area (Å²) < 4.78 is 0. The lowest BCUT2D eigenvalue weighted by Gasteiger charge is -2.20. The van der Waals surface area contributed by atoms with E-state index >= 15 is 0 Å². The van der Waals surface area contributed by atoms with E-state index in [9.17, 15) is 0 Å². The van der Waals surface area contributed by atoms with Gasteiger partial charge in [0.1, 0.15) is 0 Å². The molecule has 0 spiro atoms. The Morgan fingerprint density at radius 2 is 2.15 bits per heavy atom. The van der Waals surface area contributed by atoms with E-state index in [1.54, 1.807) is 11.3 Å². The van der Waals surface area contributed by atoms with E-state index in [2.05, 4.69) is 21.7 Å². The summed E-state index contributed by atoms with van der Waals surface area (Å²) in [4.78, 5) is 8.75. The van der Waals surface area contributed by atoms with E-state index in [1.807, 2.05) is 11.3 Å².